The van der Waals surface area contributed by atoms with E-state index in [1.807, 2.05) is 0 Å². The molecule has 3 heterocycles. The zero-order valence-electron chi connectivity index (χ0n) is 18.9. The second-order valence-corrected chi connectivity index (χ2v) is 9.14. The smallest absolute Gasteiger partial charge is 0.255 e. The van der Waals surface area contributed by atoms with Crippen LogP contribution in [0.15, 0.2) is 36.4 Å². The zero-order valence-corrected chi connectivity index (χ0v) is 18.9. The van der Waals surface area contributed by atoms with E-state index in [9.17, 15) is 28.8 Å². The van der Waals surface area contributed by atoms with Gasteiger partial charge in [0.1, 0.15) is 11.9 Å². The maximum atomic E-state index is 14.6. The molecule has 2 aromatic rings. The molecule has 178 valence electrons. The highest BCUT2D eigenvalue weighted by atomic mass is 19.1. The van der Waals surface area contributed by atoms with Crippen molar-refractivity contribution >= 4 is 23.6 Å². The van der Waals surface area contributed by atoms with Crippen LogP contribution in [0.4, 0.5) is 4.39 Å². The molecule has 9 heteroatoms. The number of piperidine rings is 2. The van der Waals surface area contributed by atoms with Crippen LogP contribution in [0.3, 0.4) is 0 Å². The van der Waals surface area contributed by atoms with Gasteiger partial charge < -0.3 is 9.80 Å². The molecule has 35 heavy (non-hydrogen) atoms. The first-order valence-corrected chi connectivity index (χ1v) is 11.6. The standard InChI is InChI=1S/C26H23FN4O4/c27-17-11-19(15-7-9-30(10-8-15)25(34)18-4-2-1-3-16(18)13-28)21-14-31(26(35)20(21)12-17)22-5-6-23(32)29-24(22)33/h1-4,11-12,15,22H,5-10,14H2,(H,29,32,33). The molecule has 2 aromatic carbocycles. The highest BCUT2D eigenvalue weighted by molar-refractivity contribution is 6.05. The summed E-state index contributed by atoms with van der Waals surface area (Å²) in [6.07, 6.45) is 1.57. The number of imide groups is 1. The van der Waals surface area contributed by atoms with E-state index in [1.165, 1.54) is 17.0 Å². The first-order chi connectivity index (χ1) is 16.9. The maximum absolute atomic E-state index is 14.6. The van der Waals surface area contributed by atoms with Gasteiger partial charge in [0.2, 0.25) is 11.8 Å². The number of likely N-dealkylation sites (tertiary alicyclic amines) is 1. The normalized spacial score (nSPS) is 20.5. The van der Waals surface area contributed by atoms with E-state index < -0.39 is 23.7 Å². The SMILES string of the molecule is N#Cc1ccccc1C(=O)N1CCC(c2cc(F)cc3c2CN(C2CCC(=O)NC2=O)C3=O)CC1. The number of benzene rings is 2. The number of nitrogens with one attached hydrogen (secondary N) is 1. The lowest BCUT2D eigenvalue weighted by Crippen LogP contribution is -2.52. The summed E-state index contributed by atoms with van der Waals surface area (Å²) in [6, 6.07) is 10.6. The van der Waals surface area contributed by atoms with Gasteiger partial charge in [0.05, 0.1) is 17.2 Å². The van der Waals surface area contributed by atoms with Gasteiger partial charge in [0, 0.05) is 31.6 Å². The van der Waals surface area contributed by atoms with E-state index in [1.54, 1.807) is 29.2 Å². The molecule has 2 saturated heterocycles. The number of halogens is 1. The molecule has 2 fully saturated rings. The molecule has 3 aliphatic heterocycles. The van der Waals surface area contributed by atoms with Gasteiger partial charge in [-0.25, -0.2) is 4.39 Å². The lowest BCUT2D eigenvalue weighted by atomic mass is 9.85. The minimum Gasteiger partial charge on any atom is -0.339 e. The molecule has 1 atom stereocenters. The summed E-state index contributed by atoms with van der Waals surface area (Å²) in [5, 5.41) is 11.6. The van der Waals surface area contributed by atoms with E-state index in [4.69, 9.17) is 0 Å². The van der Waals surface area contributed by atoms with Gasteiger partial charge >= 0.3 is 0 Å². The summed E-state index contributed by atoms with van der Waals surface area (Å²) < 4.78 is 14.6. The number of nitrogens with zero attached hydrogens (tertiary/aromatic N) is 3. The Hall–Kier alpha value is -4.06. The Morgan fingerprint density at radius 2 is 1.83 bits per heavy atom. The van der Waals surface area contributed by atoms with Crippen LogP contribution in [0, 0.1) is 17.1 Å². The molecule has 0 spiro atoms. The van der Waals surface area contributed by atoms with Gasteiger partial charge in [-0.1, -0.05) is 12.1 Å². The topological polar surface area (TPSA) is 111 Å². The van der Waals surface area contributed by atoms with Crippen LogP contribution in [0.1, 0.15) is 69.0 Å². The fourth-order valence-electron chi connectivity index (χ4n) is 5.35. The van der Waals surface area contributed by atoms with Gasteiger partial charge in [-0.05, 0) is 60.6 Å². The number of carbonyl (C=O) groups excluding carboxylic acids is 4. The number of rotatable bonds is 3. The Balaban J connectivity index is 1.34. The number of fused-ring (bicyclic) bond motifs is 1. The molecule has 5 rings (SSSR count). The van der Waals surface area contributed by atoms with E-state index in [2.05, 4.69) is 11.4 Å². The first kappa shape index (κ1) is 22.7. The molecule has 3 aliphatic rings. The molecule has 0 aliphatic carbocycles. The Labute approximate surface area is 201 Å². The van der Waals surface area contributed by atoms with Crippen molar-refractivity contribution in [2.24, 2.45) is 0 Å². The molecule has 0 radical (unpaired) electrons. The number of carbonyl (C=O) groups is 4. The molecule has 1 N–H and O–H groups in total. The number of nitriles is 1. The summed E-state index contributed by atoms with van der Waals surface area (Å²) in [5.41, 5.74) is 2.39. The highest BCUT2D eigenvalue weighted by Gasteiger charge is 2.41. The van der Waals surface area contributed by atoms with Crippen LogP contribution in [-0.2, 0) is 16.1 Å². The van der Waals surface area contributed by atoms with Gasteiger partial charge in [0.15, 0.2) is 0 Å². The van der Waals surface area contributed by atoms with Crippen LogP contribution >= 0.6 is 0 Å². The predicted molar refractivity (Wildman–Crippen MR) is 121 cm³/mol. The van der Waals surface area contributed by atoms with Gasteiger partial charge in [-0.15, -0.1) is 0 Å². The quantitative estimate of drug-likeness (QED) is 0.688. The molecule has 0 bridgehead atoms. The minimum absolute atomic E-state index is 0.0516. The third kappa shape index (κ3) is 4.05. The van der Waals surface area contributed by atoms with Crippen molar-refractivity contribution in [2.45, 2.75) is 44.2 Å². The molecule has 0 saturated carbocycles. The van der Waals surface area contributed by atoms with Crippen molar-refractivity contribution in [1.82, 2.24) is 15.1 Å². The highest BCUT2D eigenvalue weighted by Crippen LogP contribution is 2.38. The molecule has 1 unspecified atom stereocenters. The van der Waals surface area contributed by atoms with Gasteiger partial charge in [-0.3, -0.25) is 24.5 Å². The lowest BCUT2D eigenvalue weighted by Gasteiger charge is -2.33. The number of hydrogen-bond donors (Lipinski definition) is 1. The Kier molecular flexibility index (Phi) is 5.81. The summed E-state index contributed by atoms with van der Waals surface area (Å²) in [5.74, 6) is -2.04. The Bertz CT molecular complexity index is 1290. The van der Waals surface area contributed by atoms with Crippen molar-refractivity contribution in [3.8, 4) is 6.07 Å². The summed E-state index contributed by atoms with van der Waals surface area (Å²) in [6.45, 7) is 1.07. The summed E-state index contributed by atoms with van der Waals surface area (Å²) in [4.78, 5) is 53.0. The number of amides is 4. The average Bonchev–Trinajstić information content (AvgIpc) is 3.19. The van der Waals surface area contributed by atoms with E-state index >= 15 is 0 Å². The lowest BCUT2D eigenvalue weighted by molar-refractivity contribution is -0.136. The molecule has 0 aromatic heterocycles. The maximum Gasteiger partial charge on any atom is 0.255 e. The fraction of sp³-hybridized carbons (Fsp3) is 0.346. The second kappa shape index (κ2) is 8.95. The zero-order chi connectivity index (χ0) is 24.7. The van der Waals surface area contributed by atoms with Crippen molar-refractivity contribution in [2.75, 3.05) is 13.1 Å². The van der Waals surface area contributed by atoms with Crippen LogP contribution in [-0.4, -0.2) is 52.6 Å². The Morgan fingerprint density at radius 1 is 1.09 bits per heavy atom. The molecular formula is C26H23FN4O4. The molecule has 4 amide bonds. The van der Waals surface area contributed by atoms with E-state index in [0.29, 0.717) is 42.6 Å². The van der Waals surface area contributed by atoms with Crippen LogP contribution < -0.4 is 5.32 Å². The van der Waals surface area contributed by atoms with Crippen molar-refractivity contribution < 1.29 is 23.6 Å². The van der Waals surface area contributed by atoms with Crippen LogP contribution in [0.2, 0.25) is 0 Å². The van der Waals surface area contributed by atoms with Crippen molar-refractivity contribution in [1.29, 1.82) is 5.26 Å². The van der Waals surface area contributed by atoms with Crippen molar-refractivity contribution in [3.05, 3.63) is 70.0 Å². The fourth-order valence-corrected chi connectivity index (χ4v) is 5.35. The van der Waals surface area contributed by atoms with Gasteiger partial charge in [0.25, 0.3) is 11.8 Å². The monoisotopic (exact) mass is 474 g/mol. The van der Waals surface area contributed by atoms with Crippen LogP contribution in [0.25, 0.3) is 0 Å². The third-order valence-electron chi connectivity index (χ3n) is 7.16. The van der Waals surface area contributed by atoms with E-state index in [0.717, 1.165) is 5.56 Å². The summed E-state index contributed by atoms with van der Waals surface area (Å²) >= 11 is 0. The summed E-state index contributed by atoms with van der Waals surface area (Å²) in [7, 11) is 0. The average molecular weight is 474 g/mol. The number of hydrogen-bond acceptors (Lipinski definition) is 5. The second-order valence-electron chi connectivity index (χ2n) is 9.14. The van der Waals surface area contributed by atoms with Crippen LogP contribution in [0.5, 0.6) is 0 Å². The first-order valence-electron chi connectivity index (χ1n) is 11.6. The Morgan fingerprint density at radius 3 is 2.54 bits per heavy atom. The molecule has 8 nitrogen and oxygen atoms in total. The van der Waals surface area contributed by atoms with E-state index in [-0.39, 0.29) is 42.7 Å². The predicted octanol–water partition coefficient (Wildman–Crippen LogP) is 2.48. The minimum atomic E-state index is -0.761. The van der Waals surface area contributed by atoms with Crippen molar-refractivity contribution in [3.63, 3.8) is 0 Å². The largest absolute Gasteiger partial charge is 0.339 e. The van der Waals surface area contributed by atoms with Gasteiger partial charge in [-0.2, -0.15) is 5.26 Å². The third-order valence-corrected chi connectivity index (χ3v) is 7.16. The molecular weight excluding hydrogens is 451 g/mol.